The van der Waals surface area contributed by atoms with Gasteiger partial charge in [-0.05, 0) is 23.6 Å². The predicted octanol–water partition coefficient (Wildman–Crippen LogP) is 1.27. The van der Waals surface area contributed by atoms with Crippen molar-refractivity contribution in [3.05, 3.63) is 39.9 Å². The van der Waals surface area contributed by atoms with E-state index < -0.39 is 26.1 Å². The molecule has 1 aromatic rings. The highest BCUT2D eigenvalue weighted by molar-refractivity contribution is 7.92. The Hall–Kier alpha value is -1.96. The van der Waals surface area contributed by atoms with Crippen LogP contribution in [-0.2, 0) is 14.6 Å². The number of nitro groups is 1. The van der Waals surface area contributed by atoms with Gasteiger partial charge in [-0.25, -0.2) is 13.2 Å². The highest BCUT2D eigenvalue weighted by atomic mass is 32.2. The average Bonchev–Trinajstić information content (AvgIpc) is 2.27. The third-order valence-electron chi connectivity index (χ3n) is 2.57. The standard InChI is InChI=1S/C11H13NO6S/c1-7(2)8-3-5-9(6-4-8)19(17,18)10(11(13)14)12(15)16/h3-7,10H,1-2H3,(H,13,14). The third-order valence-corrected chi connectivity index (χ3v) is 4.46. The number of hydrogen-bond donors (Lipinski definition) is 1. The molecule has 0 aliphatic carbocycles. The number of aliphatic carboxylic acids is 1. The summed E-state index contributed by atoms with van der Waals surface area (Å²) < 4.78 is 23.7. The van der Waals surface area contributed by atoms with Crippen molar-refractivity contribution in [3.8, 4) is 0 Å². The molecule has 1 N–H and O–H groups in total. The summed E-state index contributed by atoms with van der Waals surface area (Å²) in [6.45, 7) is 3.81. The van der Waals surface area contributed by atoms with E-state index in [1.165, 1.54) is 24.3 Å². The maximum absolute atomic E-state index is 11.9. The molecule has 7 nitrogen and oxygen atoms in total. The SMILES string of the molecule is CC(C)c1ccc(S(=O)(=O)C(C(=O)O)[N+](=O)[O-])cc1. The summed E-state index contributed by atoms with van der Waals surface area (Å²) in [6, 6.07) is 5.39. The Morgan fingerprint density at radius 1 is 1.26 bits per heavy atom. The Morgan fingerprint density at radius 2 is 1.74 bits per heavy atom. The first-order valence-corrected chi connectivity index (χ1v) is 6.92. The minimum atomic E-state index is -4.54. The Labute approximate surface area is 109 Å². The van der Waals surface area contributed by atoms with Crippen molar-refractivity contribution < 1.29 is 23.2 Å². The van der Waals surface area contributed by atoms with Gasteiger partial charge in [0, 0.05) is 0 Å². The molecule has 8 heteroatoms. The second-order valence-electron chi connectivity index (χ2n) is 4.24. The molecule has 0 aromatic heterocycles. The van der Waals surface area contributed by atoms with Crippen molar-refractivity contribution in [1.29, 1.82) is 0 Å². The fourth-order valence-electron chi connectivity index (χ4n) is 1.51. The van der Waals surface area contributed by atoms with E-state index in [9.17, 15) is 23.3 Å². The molecule has 0 fully saturated rings. The van der Waals surface area contributed by atoms with Crippen LogP contribution in [0.1, 0.15) is 25.3 Å². The van der Waals surface area contributed by atoms with Gasteiger partial charge in [-0.15, -0.1) is 0 Å². The van der Waals surface area contributed by atoms with Crippen LogP contribution in [0.25, 0.3) is 0 Å². The maximum Gasteiger partial charge on any atom is 0.408 e. The molecule has 104 valence electrons. The summed E-state index contributed by atoms with van der Waals surface area (Å²) >= 11 is 0. The molecule has 1 unspecified atom stereocenters. The highest BCUT2D eigenvalue weighted by Crippen LogP contribution is 2.21. The van der Waals surface area contributed by atoms with E-state index in [1.54, 1.807) is 0 Å². The lowest BCUT2D eigenvalue weighted by Gasteiger charge is -2.09. The molecule has 0 saturated heterocycles. The first-order valence-electron chi connectivity index (χ1n) is 5.38. The highest BCUT2D eigenvalue weighted by Gasteiger charge is 2.44. The van der Waals surface area contributed by atoms with Crippen LogP contribution in [0.2, 0.25) is 0 Å². The summed E-state index contributed by atoms with van der Waals surface area (Å²) in [5.74, 6) is -1.83. The quantitative estimate of drug-likeness (QED) is 0.644. The molecule has 0 heterocycles. The van der Waals surface area contributed by atoms with Crippen LogP contribution < -0.4 is 0 Å². The molecule has 0 aliphatic rings. The van der Waals surface area contributed by atoms with Gasteiger partial charge >= 0.3 is 11.3 Å². The van der Waals surface area contributed by atoms with Crippen molar-refractivity contribution in [3.63, 3.8) is 0 Å². The van der Waals surface area contributed by atoms with Crippen LogP contribution in [-0.4, -0.2) is 29.8 Å². The van der Waals surface area contributed by atoms with Crippen LogP contribution in [0.4, 0.5) is 0 Å². The van der Waals surface area contributed by atoms with Crippen LogP contribution in [0, 0.1) is 10.1 Å². The van der Waals surface area contributed by atoms with Crippen molar-refractivity contribution in [2.24, 2.45) is 0 Å². The number of benzene rings is 1. The summed E-state index contributed by atoms with van der Waals surface area (Å²) in [7, 11) is -4.54. The van der Waals surface area contributed by atoms with Crippen LogP contribution in [0.5, 0.6) is 0 Å². The molecule has 19 heavy (non-hydrogen) atoms. The Kier molecular flexibility index (Phi) is 4.25. The topological polar surface area (TPSA) is 115 Å². The molecule has 0 aliphatic heterocycles. The number of carboxylic acids is 1. The zero-order valence-electron chi connectivity index (χ0n) is 10.3. The zero-order valence-corrected chi connectivity index (χ0v) is 11.1. The third kappa shape index (κ3) is 3.08. The van der Waals surface area contributed by atoms with Gasteiger partial charge in [0.05, 0.1) is 9.82 Å². The zero-order chi connectivity index (χ0) is 14.8. The summed E-state index contributed by atoms with van der Waals surface area (Å²) in [4.78, 5) is 19.6. The Morgan fingerprint density at radius 3 is 2.05 bits per heavy atom. The average molecular weight is 287 g/mol. The lowest BCUT2D eigenvalue weighted by molar-refractivity contribution is -0.486. The Balaban J connectivity index is 3.26. The summed E-state index contributed by atoms with van der Waals surface area (Å²) in [6.07, 6.45) is 0. The van der Waals surface area contributed by atoms with Crippen molar-refractivity contribution in [2.75, 3.05) is 0 Å². The van der Waals surface area contributed by atoms with Gasteiger partial charge in [0.1, 0.15) is 0 Å². The van der Waals surface area contributed by atoms with Gasteiger partial charge in [0.15, 0.2) is 0 Å². The normalized spacial score (nSPS) is 13.2. The van der Waals surface area contributed by atoms with Gasteiger partial charge in [-0.1, -0.05) is 26.0 Å². The number of rotatable bonds is 5. The molecular weight excluding hydrogens is 274 g/mol. The molecule has 1 aromatic carbocycles. The number of sulfone groups is 1. The number of nitrogens with zero attached hydrogens (tertiary/aromatic N) is 1. The minimum Gasteiger partial charge on any atom is -0.475 e. The molecule has 0 radical (unpaired) electrons. The van der Waals surface area contributed by atoms with Crippen molar-refractivity contribution in [2.45, 2.75) is 30.0 Å². The molecule has 1 atom stereocenters. The molecule has 0 spiro atoms. The van der Waals surface area contributed by atoms with Gasteiger partial charge in [0.25, 0.3) is 9.84 Å². The smallest absolute Gasteiger partial charge is 0.408 e. The van der Waals surface area contributed by atoms with E-state index in [0.717, 1.165) is 5.56 Å². The van der Waals surface area contributed by atoms with E-state index in [-0.39, 0.29) is 10.8 Å². The molecule has 1 rings (SSSR count). The van der Waals surface area contributed by atoms with Crippen LogP contribution in [0.15, 0.2) is 29.2 Å². The van der Waals surface area contributed by atoms with E-state index in [0.29, 0.717) is 0 Å². The van der Waals surface area contributed by atoms with Gasteiger partial charge < -0.3 is 5.11 Å². The second kappa shape index (κ2) is 5.35. The van der Waals surface area contributed by atoms with Gasteiger partial charge in [0.2, 0.25) is 0 Å². The lowest BCUT2D eigenvalue weighted by Crippen LogP contribution is -2.37. The predicted molar refractivity (Wildman–Crippen MR) is 66.1 cm³/mol. The monoisotopic (exact) mass is 287 g/mol. The second-order valence-corrected chi connectivity index (χ2v) is 6.25. The number of carboxylic acid groups (broad SMARTS) is 1. The first kappa shape index (κ1) is 15.1. The van der Waals surface area contributed by atoms with Crippen LogP contribution >= 0.6 is 0 Å². The van der Waals surface area contributed by atoms with E-state index >= 15 is 0 Å². The first-order chi connectivity index (χ1) is 8.67. The van der Waals surface area contributed by atoms with Crippen molar-refractivity contribution in [1.82, 2.24) is 0 Å². The summed E-state index contributed by atoms with van der Waals surface area (Å²) in [5, 5.41) is 16.6. The fraction of sp³-hybridized carbons (Fsp3) is 0.364. The maximum atomic E-state index is 11.9. The lowest BCUT2D eigenvalue weighted by atomic mass is 10.0. The number of hydrogen-bond acceptors (Lipinski definition) is 5. The summed E-state index contributed by atoms with van der Waals surface area (Å²) in [5.41, 5.74) is 0.854. The molecule has 0 bridgehead atoms. The van der Waals surface area contributed by atoms with E-state index in [1.807, 2.05) is 13.8 Å². The minimum absolute atomic E-state index is 0.169. The Bertz CT molecular complexity index is 576. The van der Waals surface area contributed by atoms with E-state index in [4.69, 9.17) is 5.11 Å². The van der Waals surface area contributed by atoms with E-state index in [2.05, 4.69) is 0 Å². The molecule has 0 amide bonds. The molecular formula is C11H13NO6S. The van der Waals surface area contributed by atoms with Crippen LogP contribution in [0.3, 0.4) is 0 Å². The largest absolute Gasteiger partial charge is 0.475 e. The van der Waals surface area contributed by atoms with Gasteiger partial charge in [-0.3, -0.25) is 10.1 Å². The molecule has 0 saturated carbocycles. The number of carbonyl (C=O) groups is 1. The fourth-order valence-corrected chi connectivity index (χ4v) is 2.77. The van der Waals surface area contributed by atoms with Crippen molar-refractivity contribution >= 4 is 15.8 Å². The van der Waals surface area contributed by atoms with Gasteiger partial charge in [-0.2, -0.15) is 0 Å².